The van der Waals surface area contributed by atoms with E-state index < -0.39 is 29.9 Å². The van der Waals surface area contributed by atoms with Gasteiger partial charge in [0, 0.05) is 18.7 Å². The highest BCUT2D eigenvalue weighted by Gasteiger charge is 2.35. The Morgan fingerprint density at radius 2 is 2.27 bits per heavy atom. The average Bonchev–Trinajstić information content (AvgIpc) is 3.11. The van der Waals surface area contributed by atoms with Gasteiger partial charge in [-0.15, -0.1) is 0 Å². The number of carbonyl (C=O) groups excluding carboxylic acids is 2. The number of ether oxygens (including phenoxy) is 1. The van der Waals surface area contributed by atoms with Gasteiger partial charge in [0.2, 0.25) is 0 Å². The molecule has 0 bridgehead atoms. The molecule has 2 aromatic rings. The Labute approximate surface area is 154 Å². The van der Waals surface area contributed by atoms with E-state index in [9.17, 15) is 14.0 Å². The number of methoxy groups -OCH3 is 1. The maximum absolute atomic E-state index is 13.6. The van der Waals surface area contributed by atoms with E-state index in [1.807, 2.05) is 0 Å². The van der Waals surface area contributed by atoms with Crippen molar-refractivity contribution in [3.8, 4) is 0 Å². The number of aromatic amines is 1. The fourth-order valence-electron chi connectivity index (χ4n) is 3.02. The topological polar surface area (TPSA) is 87.3 Å². The van der Waals surface area contributed by atoms with Crippen LogP contribution in [0.25, 0.3) is 0 Å². The monoisotopic (exact) mass is 380 g/mol. The second kappa shape index (κ2) is 7.33. The van der Waals surface area contributed by atoms with Crippen molar-refractivity contribution in [3.05, 3.63) is 52.3 Å². The molecule has 0 saturated heterocycles. The molecule has 0 spiro atoms. The normalized spacial score (nSPS) is 17.4. The zero-order valence-electron chi connectivity index (χ0n) is 14.3. The molecule has 2 amide bonds. The number of aromatic nitrogens is 2. The number of hydrogen-bond acceptors (Lipinski definition) is 4. The molecule has 1 aliphatic rings. The SMILES string of the molecule is COC(=O)C(C)NC(=O)N1CCc2[nH]cnc2C1c1ccc(F)c(Cl)c1. The third-order valence-electron chi connectivity index (χ3n) is 4.34. The molecule has 0 fully saturated rings. The number of nitrogens with zero attached hydrogens (tertiary/aromatic N) is 2. The second-order valence-corrected chi connectivity index (χ2v) is 6.39. The summed E-state index contributed by atoms with van der Waals surface area (Å²) in [5.74, 6) is -1.08. The highest BCUT2D eigenvalue weighted by Crippen LogP contribution is 2.34. The summed E-state index contributed by atoms with van der Waals surface area (Å²) in [5, 5.41) is 2.58. The van der Waals surface area contributed by atoms with Crippen LogP contribution in [0.3, 0.4) is 0 Å². The molecule has 1 aliphatic heterocycles. The molecule has 0 radical (unpaired) electrons. The molecule has 2 heterocycles. The molecule has 0 saturated carbocycles. The van der Waals surface area contributed by atoms with Gasteiger partial charge in [-0.1, -0.05) is 17.7 Å². The van der Waals surface area contributed by atoms with Gasteiger partial charge in [-0.25, -0.2) is 19.0 Å². The predicted octanol–water partition coefficient (Wildman–Crippen LogP) is 2.42. The summed E-state index contributed by atoms with van der Waals surface area (Å²) in [6, 6.07) is 2.52. The second-order valence-electron chi connectivity index (χ2n) is 5.98. The fraction of sp³-hybridized carbons (Fsp3) is 0.353. The Bertz CT molecular complexity index is 841. The van der Waals surface area contributed by atoms with E-state index in [4.69, 9.17) is 11.6 Å². The first-order valence-corrected chi connectivity index (χ1v) is 8.42. The summed E-state index contributed by atoms with van der Waals surface area (Å²) in [5.41, 5.74) is 2.20. The molecule has 1 aromatic heterocycles. The van der Waals surface area contributed by atoms with Crippen molar-refractivity contribution in [2.75, 3.05) is 13.7 Å². The molecule has 26 heavy (non-hydrogen) atoms. The van der Waals surface area contributed by atoms with Crippen LogP contribution in [0.1, 0.15) is 29.9 Å². The van der Waals surface area contributed by atoms with Gasteiger partial charge >= 0.3 is 12.0 Å². The lowest BCUT2D eigenvalue weighted by molar-refractivity contribution is -0.142. The molecule has 9 heteroatoms. The van der Waals surface area contributed by atoms with Gasteiger partial charge in [0.05, 0.1) is 24.2 Å². The number of halogens is 2. The van der Waals surface area contributed by atoms with Gasteiger partial charge in [0.15, 0.2) is 0 Å². The van der Waals surface area contributed by atoms with Crippen LogP contribution in [0.4, 0.5) is 9.18 Å². The van der Waals surface area contributed by atoms with Gasteiger partial charge in [0.25, 0.3) is 0 Å². The van der Waals surface area contributed by atoms with E-state index in [2.05, 4.69) is 20.0 Å². The van der Waals surface area contributed by atoms with E-state index >= 15 is 0 Å². The van der Waals surface area contributed by atoms with Crippen molar-refractivity contribution in [1.82, 2.24) is 20.2 Å². The van der Waals surface area contributed by atoms with Crippen molar-refractivity contribution < 1.29 is 18.7 Å². The van der Waals surface area contributed by atoms with E-state index in [0.717, 1.165) is 5.69 Å². The van der Waals surface area contributed by atoms with Crippen molar-refractivity contribution in [1.29, 1.82) is 0 Å². The van der Waals surface area contributed by atoms with E-state index in [-0.39, 0.29) is 5.02 Å². The van der Waals surface area contributed by atoms with Crippen molar-refractivity contribution in [2.45, 2.75) is 25.4 Å². The molecule has 3 rings (SSSR count). The number of H-pyrrole nitrogens is 1. The minimum Gasteiger partial charge on any atom is -0.467 e. The molecular formula is C17H18ClFN4O3. The number of esters is 1. The molecule has 1 aromatic carbocycles. The van der Waals surface area contributed by atoms with Crippen molar-refractivity contribution >= 4 is 23.6 Å². The zero-order valence-corrected chi connectivity index (χ0v) is 15.0. The zero-order chi connectivity index (χ0) is 18.8. The van der Waals surface area contributed by atoms with Crippen molar-refractivity contribution in [2.24, 2.45) is 0 Å². The first-order valence-electron chi connectivity index (χ1n) is 8.04. The van der Waals surface area contributed by atoms with Crippen LogP contribution in [0.15, 0.2) is 24.5 Å². The molecule has 7 nitrogen and oxygen atoms in total. The van der Waals surface area contributed by atoms with E-state index in [1.54, 1.807) is 17.3 Å². The highest BCUT2D eigenvalue weighted by atomic mass is 35.5. The Hall–Kier alpha value is -2.61. The van der Waals surface area contributed by atoms with Gasteiger partial charge in [0.1, 0.15) is 17.9 Å². The smallest absolute Gasteiger partial charge is 0.328 e. The van der Waals surface area contributed by atoms with Gasteiger partial charge < -0.3 is 19.9 Å². The average molecular weight is 381 g/mol. The lowest BCUT2D eigenvalue weighted by atomic mass is 9.96. The lowest BCUT2D eigenvalue weighted by Crippen LogP contribution is -2.50. The van der Waals surface area contributed by atoms with Crippen LogP contribution in [0, 0.1) is 5.82 Å². The summed E-state index contributed by atoms with van der Waals surface area (Å²) < 4.78 is 18.2. The number of rotatable bonds is 3. The number of nitrogens with one attached hydrogen (secondary N) is 2. The summed E-state index contributed by atoms with van der Waals surface area (Å²) in [7, 11) is 1.26. The maximum Gasteiger partial charge on any atom is 0.328 e. The van der Waals surface area contributed by atoms with Gasteiger partial charge in [-0.3, -0.25) is 0 Å². The summed E-state index contributed by atoms with van der Waals surface area (Å²) in [6.45, 7) is 1.94. The van der Waals surface area contributed by atoms with Crippen LogP contribution in [0.5, 0.6) is 0 Å². The highest BCUT2D eigenvalue weighted by molar-refractivity contribution is 6.30. The first-order chi connectivity index (χ1) is 12.4. The molecule has 2 atom stereocenters. The van der Waals surface area contributed by atoms with Crippen LogP contribution in [0.2, 0.25) is 5.02 Å². The standard InChI is InChI=1S/C17H18ClFN4O3/c1-9(16(24)26-2)22-17(25)23-6-5-13-14(21-8-20-13)15(23)10-3-4-12(19)11(18)7-10/h3-4,7-9,15H,5-6H2,1-2H3,(H,20,21)(H,22,25). The minimum absolute atomic E-state index is 0.0338. The van der Waals surface area contributed by atoms with Crippen LogP contribution in [-0.2, 0) is 16.0 Å². The molecule has 138 valence electrons. The Kier molecular flexibility index (Phi) is 5.13. The predicted molar refractivity (Wildman–Crippen MR) is 92.3 cm³/mol. The van der Waals surface area contributed by atoms with Crippen molar-refractivity contribution in [3.63, 3.8) is 0 Å². The number of benzene rings is 1. The Morgan fingerprint density at radius 1 is 1.50 bits per heavy atom. The van der Waals surface area contributed by atoms with Crippen LogP contribution in [-0.4, -0.2) is 46.6 Å². The minimum atomic E-state index is -0.800. The first kappa shape index (κ1) is 18.2. The number of hydrogen-bond donors (Lipinski definition) is 2. The Morgan fingerprint density at radius 3 is 2.96 bits per heavy atom. The number of imidazole rings is 1. The lowest BCUT2D eigenvalue weighted by Gasteiger charge is -2.35. The number of fused-ring (bicyclic) bond motifs is 1. The molecular weight excluding hydrogens is 363 g/mol. The maximum atomic E-state index is 13.6. The molecule has 2 unspecified atom stereocenters. The molecule has 0 aliphatic carbocycles. The van der Waals surface area contributed by atoms with Crippen LogP contribution < -0.4 is 5.32 Å². The van der Waals surface area contributed by atoms with Crippen LogP contribution >= 0.6 is 11.6 Å². The Balaban J connectivity index is 1.94. The summed E-state index contributed by atoms with van der Waals surface area (Å²) >= 11 is 5.92. The van der Waals surface area contributed by atoms with Gasteiger partial charge in [-0.05, 0) is 24.6 Å². The third kappa shape index (κ3) is 3.37. The van der Waals surface area contributed by atoms with E-state index in [0.29, 0.717) is 24.2 Å². The number of urea groups is 1. The van der Waals surface area contributed by atoms with E-state index in [1.165, 1.54) is 26.2 Å². The molecule has 2 N–H and O–H groups in total. The third-order valence-corrected chi connectivity index (χ3v) is 4.63. The fourth-order valence-corrected chi connectivity index (χ4v) is 3.21. The largest absolute Gasteiger partial charge is 0.467 e. The number of amides is 2. The summed E-state index contributed by atoms with van der Waals surface area (Å²) in [6.07, 6.45) is 2.14. The summed E-state index contributed by atoms with van der Waals surface area (Å²) in [4.78, 5) is 33.3. The number of carbonyl (C=O) groups is 2. The van der Waals surface area contributed by atoms with Gasteiger partial charge in [-0.2, -0.15) is 0 Å². The quantitative estimate of drug-likeness (QED) is 0.800.